The van der Waals surface area contributed by atoms with Crippen molar-refractivity contribution < 1.29 is 14.6 Å². The molecule has 3 heteroatoms. The predicted octanol–water partition coefficient (Wildman–Crippen LogP) is 2.58. The van der Waals surface area contributed by atoms with Crippen LogP contribution in [0.1, 0.15) is 18.1 Å². The lowest BCUT2D eigenvalue weighted by molar-refractivity contribution is -0.132. The lowest BCUT2D eigenvalue weighted by Crippen LogP contribution is -2.02. The zero-order valence-electron chi connectivity index (χ0n) is 9.62. The summed E-state index contributed by atoms with van der Waals surface area (Å²) in [5.74, 6) is -0.112. The van der Waals surface area contributed by atoms with Gasteiger partial charge in [-0.05, 0) is 31.0 Å². The molecule has 0 spiro atoms. The Morgan fingerprint density at radius 2 is 2.19 bits per heavy atom. The maximum Gasteiger partial charge on any atom is 0.331 e. The van der Waals surface area contributed by atoms with E-state index in [-0.39, 0.29) is 5.57 Å². The topological polar surface area (TPSA) is 46.5 Å². The van der Waals surface area contributed by atoms with E-state index in [1.807, 2.05) is 32.0 Å². The van der Waals surface area contributed by atoms with Gasteiger partial charge in [-0.25, -0.2) is 4.79 Å². The summed E-state index contributed by atoms with van der Waals surface area (Å²) in [4.78, 5) is 10.6. The number of aliphatic carboxylic acids is 1. The SMILES string of the molecule is C=C(Cc1ccc(OCC)c(C)c1)C(=O)O. The molecule has 86 valence electrons. The number of benzene rings is 1. The molecular weight excluding hydrogens is 204 g/mol. The standard InChI is InChI=1S/C13H16O3/c1-4-16-12-6-5-11(7-9(12)2)8-10(3)13(14)15/h5-7H,3-4,8H2,1-2H3,(H,14,15). The molecule has 1 N–H and O–H groups in total. The molecule has 16 heavy (non-hydrogen) atoms. The molecule has 0 heterocycles. The van der Waals surface area contributed by atoms with E-state index in [1.54, 1.807) is 0 Å². The van der Waals surface area contributed by atoms with Gasteiger partial charge in [0.15, 0.2) is 0 Å². The van der Waals surface area contributed by atoms with E-state index in [0.29, 0.717) is 13.0 Å². The van der Waals surface area contributed by atoms with Crippen LogP contribution < -0.4 is 4.74 Å². The second-order valence-electron chi connectivity index (χ2n) is 3.62. The summed E-state index contributed by atoms with van der Waals surface area (Å²) < 4.78 is 5.41. The quantitative estimate of drug-likeness (QED) is 0.776. The van der Waals surface area contributed by atoms with E-state index in [9.17, 15) is 4.79 Å². The minimum absolute atomic E-state index is 0.198. The van der Waals surface area contributed by atoms with Gasteiger partial charge in [0.1, 0.15) is 5.75 Å². The first kappa shape index (κ1) is 12.3. The van der Waals surface area contributed by atoms with Crippen molar-refractivity contribution >= 4 is 5.97 Å². The molecule has 0 aliphatic carbocycles. The third-order valence-corrected chi connectivity index (χ3v) is 2.26. The number of ether oxygens (including phenoxy) is 1. The zero-order valence-corrected chi connectivity index (χ0v) is 9.62. The van der Waals surface area contributed by atoms with E-state index < -0.39 is 5.97 Å². The molecule has 0 aliphatic heterocycles. The Kier molecular flexibility index (Phi) is 4.11. The summed E-state index contributed by atoms with van der Waals surface area (Å²) >= 11 is 0. The normalized spacial score (nSPS) is 9.88. The molecule has 0 atom stereocenters. The molecule has 1 rings (SSSR count). The molecule has 3 nitrogen and oxygen atoms in total. The smallest absolute Gasteiger partial charge is 0.331 e. The van der Waals surface area contributed by atoms with Gasteiger partial charge in [0, 0.05) is 12.0 Å². The summed E-state index contributed by atoms with van der Waals surface area (Å²) in [6, 6.07) is 5.66. The van der Waals surface area contributed by atoms with Crippen LogP contribution in [0.25, 0.3) is 0 Å². The highest BCUT2D eigenvalue weighted by Crippen LogP contribution is 2.20. The van der Waals surface area contributed by atoms with Gasteiger partial charge in [0.25, 0.3) is 0 Å². The van der Waals surface area contributed by atoms with Gasteiger partial charge in [-0.2, -0.15) is 0 Å². The van der Waals surface area contributed by atoms with Crippen molar-refractivity contribution in [2.24, 2.45) is 0 Å². The van der Waals surface area contributed by atoms with Gasteiger partial charge in [-0.1, -0.05) is 18.7 Å². The van der Waals surface area contributed by atoms with E-state index in [0.717, 1.165) is 16.9 Å². The summed E-state index contributed by atoms with van der Waals surface area (Å²) in [7, 11) is 0. The molecule has 0 saturated heterocycles. The van der Waals surface area contributed by atoms with Crippen LogP contribution in [0.15, 0.2) is 30.4 Å². The van der Waals surface area contributed by atoms with Crippen molar-refractivity contribution in [3.63, 3.8) is 0 Å². The van der Waals surface area contributed by atoms with Crippen LogP contribution in [0.4, 0.5) is 0 Å². The van der Waals surface area contributed by atoms with E-state index in [2.05, 4.69) is 6.58 Å². The molecule has 0 saturated carbocycles. The van der Waals surface area contributed by atoms with E-state index in [4.69, 9.17) is 9.84 Å². The van der Waals surface area contributed by atoms with Crippen molar-refractivity contribution in [3.05, 3.63) is 41.5 Å². The Balaban J connectivity index is 2.81. The first-order valence-electron chi connectivity index (χ1n) is 5.18. The van der Waals surface area contributed by atoms with Gasteiger partial charge in [0.2, 0.25) is 0 Å². The minimum Gasteiger partial charge on any atom is -0.494 e. The van der Waals surface area contributed by atoms with Gasteiger partial charge in [-0.3, -0.25) is 0 Å². The second kappa shape index (κ2) is 5.35. The molecule has 0 aliphatic rings. The zero-order chi connectivity index (χ0) is 12.1. The number of rotatable bonds is 5. The van der Waals surface area contributed by atoms with Gasteiger partial charge in [0.05, 0.1) is 6.61 Å². The van der Waals surface area contributed by atoms with E-state index >= 15 is 0 Å². The maximum atomic E-state index is 10.6. The fourth-order valence-electron chi connectivity index (χ4n) is 1.46. The predicted molar refractivity (Wildman–Crippen MR) is 62.8 cm³/mol. The van der Waals surface area contributed by atoms with Gasteiger partial charge >= 0.3 is 5.97 Å². The van der Waals surface area contributed by atoms with Crippen LogP contribution in [-0.4, -0.2) is 17.7 Å². The fraction of sp³-hybridized carbons (Fsp3) is 0.308. The number of aryl methyl sites for hydroxylation is 1. The third kappa shape index (κ3) is 3.12. The number of hydrogen-bond acceptors (Lipinski definition) is 2. The minimum atomic E-state index is -0.952. The summed E-state index contributed by atoms with van der Waals surface area (Å²) in [5, 5.41) is 8.73. The van der Waals surface area contributed by atoms with Crippen molar-refractivity contribution in [1.29, 1.82) is 0 Å². The van der Waals surface area contributed by atoms with Crippen LogP contribution in [0.2, 0.25) is 0 Å². The van der Waals surface area contributed by atoms with Crippen molar-refractivity contribution in [3.8, 4) is 5.75 Å². The maximum absolute atomic E-state index is 10.6. The molecule has 0 amide bonds. The highest BCUT2D eigenvalue weighted by Gasteiger charge is 2.06. The Hall–Kier alpha value is -1.77. The highest BCUT2D eigenvalue weighted by atomic mass is 16.5. The molecule has 1 aromatic carbocycles. The molecule has 1 aromatic rings. The summed E-state index contributed by atoms with van der Waals surface area (Å²) in [6.07, 6.45) is 0.364. The van der Waals surface area contributed by atoms with Crippen LogP contribution in [0, 0.1) is 6.92 Å². The monoisotopic (exact) mass is 220 g/mol. The molecule has 0 aromatic heterocycles. The first-order chi connectivity index (χ1) is 7.54. The van der Waals surface area contributed by atoms with Crippen molar-refractivity contribution in [1.82, 2.24) is 0 Å². The number of carbonyl (C=O) groups is 1. The third-order valence-electron chi connectivity index (χ3n) is 2.26. The molecule has 0 bridgehead atoms. The lowest BCUT2D eigenvalue weighted by Gasteiger charge is -2.09. The number of carboxylic acid groups (broad SMARTS) is 1. The van der Waals surface area contributed by atoms with Crippen LogP contribution >= 0.6 is 0 Å². The number of carboxylic acids is 1. The molecule has 0 unspecified atom stereocenters. The average Bonchev–Trinajstić information content (AvgIpc) is 2.22. The van der Waals surface area contributed by atoms with E-state index in [1.165, 1.54) is 0 Å². The lowest BCUT2D eigenvalue weighted by atomic mass is 10.0. The Morgan fingerprint density at radius 1 is 1.50 bits per heavy atom. The Bertz CT molecular complexity index is 408. The Labute approximate surface area is 95.4 Å². The van der Waals surface area contributed by atoms with Gasteiger partial charge < -0.3 is 9.84 Å². The first-order valence-corrected chi connectivity index (χ1v) is 5.18. The van der Waals surface area contributed by atoms with Crippen LogP contribution in [0.5, 0.6) is 5.75 Å². The highest BCUT2D eigenvalue weighted by molar-refractivity contribution is 5.86. The van der Waals surface area contributed by atoms with Gasteiger partial charge in [-0.15, -0.1) is 0 Å². The molecule has 0 radical (unpaired) electrons. The molecular formula is C13H16O3. The molecule has 0 fully saturated rings. The fourth-order valence-corrected chi connectivity index (χ4v) is 1.46. The van der Waals surface area contributed by atoms with Crippen molar-refractivity contribution in [2.45, 2.75) is 20.3 Å². The average molecular weight is 220 g/mol. The number of hydrogen-bond donors (Lipinski definition) is 1. The Morgan fingerprint density at radius 3 is 2.69 bits per heavy atom. The summed E-state index contributed by atoms with van der Waals surface area (Å²) in [5.41, 5.74) is 2.15. The largest absolute Gasteiger partial charge is 0.494 e. The van der Waals surface area contributed by atoms with Crippen LogP contribution in [0.3, 0.4) is 0 Å². The van der Waals surface area contributed by atoms with Crippen molar-refractivity contribution in [2.75, 3.05) is 6.61 Å². The second-order valence-corrected chi connectivity index (χ2v) is 3.62. The van der Waals surface area contributed by atoms with Crippen LogP contribution in [-0.2, 0) is 11.2 Å². The summed E-state index contributed by atoms with van der Waals surface area (Å²) in [6.45, 7) is 8.01.